The van der Waals surface area contributed by atoms with E-state index >= 15 is 0 Å². The molecule has 9 heteroatoms. The van der Waals surface area contributed by atoms with Crippen LogP contribution in [0.5, 0.6) is 11.8 Å². The van der Waals surface area contributed by atoms with Crippen molar-refractivity contribution in [3.05, 3.63) is 53.6 Å². The third-order valence-electron chi connectivity index (χ3n) is 5.82. The van der Waals surface area contributed by atoms with E-state index in [1.807, 2.05) is 30.3 Å². The van der Waals surface area contributed by atoms with Gasteiger partial charge in [0.25, 0.3) is 5.91 Å². The van der Waals surface area contributed by atoms with Crippen LogP contribution < -0.4 is 20.1 Å². The summed E-state index contributed by atoms with van der Waals surface area (Å²) in [6.45, 7) is 1.07. The first-order valence-corrected chi connectivity index (χ1v) is 11.5. The largest absolute Gasteiger partial charge is 0.481 e. The summed E-state index contributed by atoms with van der Waals surface area (Å²) >= 11 is 0. The maximum absolute atomic E-state index is 13.3. The van der Waals surface area contributed by atoms with E-state index < -0.39 is 0 Å². The van der Waals surface area contributed by atoms with E-state index in [4.69, 9.17) is 9.47 Å². The Hall–Kier alpha value is -3.62. The number of benzene rings is 1. The number of methoxy groups -OCH3 is 2. The molecular formula is C25H32N4O5. The Morgan fingerprint density at radius 2 is 1.74 bits per heavy atom. The maximum Gasteiger partial charge on any atom is 0.259 e. The molecule has 2 N–H and O–H groups in total. The Bertz CT molecular complexity index is 983. The molecule has 3 amide bonds. The van der Waals surface area contributed by atoms with Gasteiger partial charge in [0.2, 0.25) is 23.6 Å². The normalized spacial score (nSPS) is 18.3. The van der Waals surface area contributed by atoms with E-state index in [1.165, 1.54) is 19.1 Å². The van der Waals surface area contributed by atoms with E-state index in [9.17, 15) is 14.4 Å². The van der Waals surface area contributed by atoms with Crippen LogP contribution in [0, 0.1) is 0 Å². The minimum atomic E-state index is -0.372. The fourth-order valence-electron chi connectivity index (χ4n) is 3.99. The molecule has 1 fully saturated rings. The summed E-state index contributed by atoms with van der Waals surface area (Å²) in [6, 6.07) is 13.1. The number of ether oxygens (including phenoxy) is 2. The maximum atomic E-state index is 13.3. The van der Waals surface area contributed by atoms with Gasteiger partial charge in [0, 0.05) is 32.1 Å². The summed E-state index contributed by atoms with van der Waals surface area (Å²) < 4.78 is 10.4. The molecule has 34 heavy (non-hydrogen) atoms. The molecule has 1 atom stereocenters. The van der Waals surface area contributed by atoms with Gasteiger partial charge in [0.15, 0.2) is 0 Å². The van der Waals surface area contributed by atoms with Crippen LogP contribution in [0.1, 0.15) is 47.5 Å². The Balaban J connectivity index is 1.74. The van der Waals surface area contributed by atoms with Crippen molar-refractivity contribution in [2.75, 3.05) is 40.4 Å². The van der Waals surface area contributed by atoms with Crippen molar-refractivity contribution in [2.45, 2.75) is 31.6 Å². The number of carbonyl (C=O) groups excluding carboxylic acids is 3. The lowest BCUT2D eigenvalue weighted by atomic mass is 9.91. The molecule has 1 aliphatic heterocycles. The fourth-order valence-corrected chi connectivity index (χ4v) is 3.99. The van der Waals surface area contributed by atoms with Crippen LogP contribution in [0.2, 0.25) is 0 Å². The number of aromatic nitrogens is 1. The zero-order chi connectivity index (χ0) is 24.3. The summed E-state index contributed by atoms with van der Waals surface area (Å²) in [5, 5.41) is 5.86. The number of pyridine rings is 1. The van der Waals surface area contributed by atoms with Gasteiger partial charge in [-0.1, -0.05) is 30.3 Å². The van der Waals surface area contributed by atoms with Crippen LogP contribution in [0.25, 0.3) is 0 Å². The van der Waals surface area contributed by atoms with E-state index in [0.29, 0.717) is 51.2 Å². The highest BCUT2D eigenvalue weighted by molar-refractivity contribution is 5.98. The number of carbonyl (C=O) groups is 3. The number of hydrogen-bond donors (Lipinski definition) is 2. The second-order valence-electron chi connectivity index (χ2n) is 8.13. The molecular weight excluding hydrogens is 436 g/mol. The average molecular weight is 469 g/mol. The van der Waals surface area contributed by atoms with Crippen molar-refractivity contribution in [3.8, 4) is 11.8 Å². The molecule has 9 nitrogen and oxygen atoms in total. The third kappa shape index (κ3) is 6.94. The Kier molecular flexibility index (Phi) is 9.25. The first-order valence-electron chi connectivity index (χ1n) is 11.5. The topological polar surface area (TPSA) is 110 Å². The van der Waals surface area contributed by atoms with E-state index in [2.05, 4.69) is 15.6 Å². The van der Waals surface area contributed by atoms with E-state index in [0.717, 1.165) is 5.56 Å². The summed E-state index contributed by atoms with van der Waals surface area (Å²) in [5.41, 5.74) is 1.39. The zero-order valence-corrected chi connectivity index (χ0v) is 19.7. The van der Waals surface area contributed by atoms with Crippen molar-refractivity contribution in [1.82, 2.24) is 20.5 Å². The number of rotatable bonds is 4. The molecule has 2 heterocycles. The van der Waals surface area contributed by atoms with Gasteiger partial charge in [-0.2, -0.15) is 4.98 Å². The van der Waals surface area contributed by atoms with Gasteiger partial charge in [-0.25, -0.2) is 0 Å². The van der Waals surface area contributed by atoms with Crippen molar-refractivity contribution in [3.63, 3.8) is 0 Å². The molecule has 2 aromatic rings. The highest BCUT2D eigenvalue weighted by Gasteiger charge is 2.24. The Morgan fingerprint density at radius 3 is 2.47 bits per heavy atom. The minimum absolute atomic E-state index is 0.0130. The minimum Gasteiger partial charge on any atom is -0.481 e. The van der Waals surface area contributed by atoms with Gasteiger partial charge in [-0.3, -0.25) is 14.4 Å². The smallest absolute Gasteiger partial charge is 0.259 e. The quantitative estimate of drug-likeness (QED) is 0.712. The zero-order valence-electron chi connectivity index (χ0n) is 19.7. The number of amides is 3. The Morgan fingerprint density at radius 1 is 0.971 bits per heavy atom. The molecule has 0 spiro atoms. The molecule has 182 valence electrons. The van der Waals surface area contributed by atoms with Crippen LogP contribution in [-0.2, 0) is 9.59 Å². The Labute approximate surface area is 199 Å². The molecule has 1 unspecified atom stereocenters. The van der Waals surface area contributed by atoms with Gasteiger partial charge in [-0.15, -0.1) is 0 Å². The van der Waals surface area contributed by atoms with E-state index in [1.54, 1.807) is 12.1 Å². The lowest BCUT2D eigenvalue weighted by molar-refractivity contribution is -0.123. The number of nitrogens with zero attached hydrogens (tertiary/aromatic N) is 2. The molecule has 0 radical (unpaired) electrons. The molecule has 1 aliphatic rings. The predicted molar refractivity (Wildman–Crippen MR) is 127 cm³/mol. The monoisotopic (exact) mass is 468 g/mol. The lowest BCUT2D eigenvalue weighted by Gasteiger charge is -2.24. The summed E-state index contributed by atoms with van der Waals surface area (Å²) in [4.78, 5) is 44.0. The standard InChI is InChI=1S/C25H32N4O5/c1-33-23-12-10-20(24(28-23)34-2)25(32)29-16-6-14-26-21(30)11-9-19(13-15-27-22(31)17-29)18-7-4-3-5-8-18/h3-5,7-8,10,12,19H,6,9,11,13-17H2,1-2H3,(H,26,30)(H,27,31). The van der Waals surface area contributed by atoms with Crippen molar-refractivity contribution >= 4 is 17.7 Å². The van der Waals surface area contributed by atoms with Gasteiger partial charge < -0.3 is 25.0 Å². The highest BCUT2D eigenvalue weighted by Crippen LogP contribution is 2.25. The first kappa shape index (κ1) is 25.0. The molecule has 0 aliphatic carbocycles. The molecule has 0 saturated carbocycles. The fraction of sp³-hybridized carbons (Fsp3) is 0.440. The number of nitrogens with one attached hydrogen (secondary N) is 2. The van der Waals surface area contributed by atoms with Crippen molar-refractivity contribution in [2.24, 2.45) is 0 Å². The molecule has 1 aromatic heterocycles. The molecule has 0 bridgehead atoms. The average Bonchev–Trinajstić information content (AvgIpc) is 2.87. The van der Waals surface area contributed by atoms with Crippen LogP contribution in [0.4, 0.5) is 0 Å². The van der Waals surface area contributed by atoms with Gasteiger partial charge in [0.05, 0.1) is 20.8 Å². The summed E-state index contributed by atoms with van der Waals surface area (Å²) in [6.07, 6.45) is 2.33. The van der Waals surface area contributed by atoms with Crippen LogP contribution in [0.15, 0.2) is 42.5 Å². The number of hydrogen-bond acceptors (Lipinski definition) is 6. The second-order valence-corrected chi connectivity index (χ2v) is 8.13. The van der Waals surface area contributed by atoms with Crippen LogP contribution in [0.3, 0.4) is 0 Å². The third-order valence-corrected chi connectivity index (χ3v) is 5.82. The molecule has 3 rings (SSSR count). The van der Waals surface area contributed by atoms with Crippen LogP contribution >= 0.6 is 0 Å². The van der Waals surface area contributed by atoms with Gasteiger partial charge in [-0.05, 0) is 36.8 Å². The van der Waals surface area contributed by atoms with E-state index in [-0.39, 0.29) is 41.6 Å². The summed E-state index contributed by atoms with van der Waals surface area (Å²) in [5.74, 6) is -0.0149. The van der Waals surface area contributed by atoms with Crippen LogP contribution in [-0.4, -0.2) is 68.0 Å². The SMILES string of the molecule is COc1ccc(C(=O)N2CCCNC(=O)CCC(c3ccccc3)CCNC(=O)C2)c(OC)n1. The van der Waals surface area contributed by atoms with Crippen molar-refractivity contribution < 1.29 is 23.9 Å². The molecule has 1 saturated heterocycles. The second kappa shape index (κ2) is 12.6. The lowest BCUT2D eigenvalue weighted by Crippen LogP contribution is -2.42. The van der Waals surface area contributed by atoms with Gasteiger partial charge >= 0.3 is 0 Å². The summed E-state index contributed by atoms with van der Waals surface area (Å²) in [7, 11) is 2.90. The predicted octanol–water partition coefficient (Wildman–Crippen LogP) is 2.13. The first-order chi connectivity index (χ1) is 16.5. The van der Waals surface area contributed by atoms with Crippen molar-refractivity contribution in [1.29, 1.82) is 0 Å². The molecule has 1 aromatic carbocycles. The van der Waals surface area contributed by atoms with Gasteiger partial charge in [0.1, 0.15) is 5.56 Å². The highest BCUT2D eigenvalue weighted by atomic mass is 16.5.